The third-order valence-electron chi connectivity index (χ3n) is 3.83. The summed E-state index contributed by atoms with van der Waals surface area (Å²) < 4.78 is 1.77. The average molecular weight is 328 g/mol. The van der Waals surface area contributed by atoms with E-state index in [9.17, 15) is 4.79 Å². The fraction of sp³-hybridized carbons (Fsp3) is 0.278. The van der Waals surface area contributed by atoms with Gasteiger partial charge < -0.3 is 15.4 Å². The lowest BCUT2D eigenvalue weighted by Crippen LogP contribution is -3.08. The van der Waals surface area contributed by atoms with Crippen molar-refractivity contribution in [2.45, 2.75) is 6.54 Å². The Kier molecular flexibility index (Phi) is 6.45. The molecule has 6 heteroatoms. The Morgan fingerprint density at radius 1 is 1.33 bits per heavy atom. The van der Waals surface area contributed by atoms with Crippen molar-refractivity contribution in [2.75, 3.05) is 20.1 Å². The normalized spacial score (nSPS) is 12.2. The minimum absolute atomic E-state index is 0.129. The van der Waals surface area contributed by atoms with Gasteiger partial charge in [0, 0.05) is 17.7 Å². The Labute approximate surface area is 142 Å². The maximum absolute atomic E-state index is 12.2. The summed E-state index contributed by atoms with van der Waals surface area (Å²) in [6.45, 7) is 2.36. The van der Waals surface area contributed by atoms with E-state index in [1.165, 1.54) is 16.7 Å². The van der Waals surface area contributed by atoms with Crippen LogP contribution in [0.2, 0.25) is 0 Å². The Balaban J connectivity index is 1.84. The molecule has 0 saturated carbocycles. The van der Waals surface area contributed by atoms with Crippen molar-refractivity contribution in [1.82, 2.24) is 5.32 Å². The van der Waals surface area contributed by atoms with Gasteiger partial charge in [-0.2, -0.15) is 0 Å². The largest absolute Gasteiger partial charge is 0.411 e. The van der Waals surface area contributed by atoms with Crippen LogP contribution in [0.25, 0.3) is 0 Å². The van der Waals surface area contributed by atoms with Crippen molar-refractivity contribution in [3.05, 3.63) is 65.5 Å². The lowest BCUT2D eigenvalue weighted by molar-refractivity contribution is -0.892. The molecule has 0 radical (unpaired) electrons. The van der Waals surface area contributed by atoms with Crippen LogP contribution in [0, 0.1) is 0 Å². The molecule has 1 amide bonds. The van der Waals surface area contributed by atoms with Gasteiger partial charge in [0.1, 0.15) is 19.8 Å². The van der Waals surface area contributed by atoms with Crippen LogP contribution >= 0.6 is 0 Å². The number of hydrogen-bond acceptors (Lipinski definition) is 3. The maximum Gasteiger partial charge on any atom is 0.251 e. The van der Waals surface area contributed by atoms with Gasteiger partial charge in [-0.05, 0) is 0 Å². The van der Waals surface area contributed by atoms with Crippen LogP contribution in [-0.2, 0) is 13.6 Å². The first kappa shape index (κ1) is 17.6. The lowest BCUT2D eigenvalue weighted by Gasteiger charge is -2.14. The molecule has 6 nitrogen and oxygen atoms in total. The number of quaternary nitrogens is 1. The van der Waals surface area contributed by atoms with E-state index in [2.05, 4.69) is 29.7 Å². The molecule has 0 saturated heterocycles. The third-order valence-corrected chi connectivity index (χ3v) is 3.83. The summed E-state index contributed by atoms with van der Waals surface area (Å²) in [5, 5.41) is 14.6. The Hall–Kier alpha value is -2.73. The molecular formula is C18H24N4O2+2. The van der Waals surface area contributed by atoms with Crippen molar-refractivity contribution in [1.29, 1.82) is 0 Å². The summed E-state index contributed by atoms with van der Waals surface area (Å²) in [7, 11) is 3.93. The number of hydrogen-bond donors (Lipinski definition) is 3. The van der Waals surface area contributed by atoms with E-state index < -0.39 is 0 Å². The molecule has 126 valence electrons. The summed E-state index contributed by atoms with van der Waals surface area (Å²) in [5.74, 6) is -0.129. The first-order chi connectivity index (χ1) is 11.6. The van der Waals surface area contributed by atoms with E-state index in [1.54, 1.807) is 22.9 Å². The van der Waals surface area contributed by atoms with Crippen molar-refractivity contribution in [2.24, 2.45) is 12.2 Å². The molecule has 1 unspecified atom stereocenters. The number of amides is 1. The molecule has 1 aromatic carbocycles. The van der Waals surface area contributed by atoms with Gasteiger partial charge in [-0.15, -0.1) is 0 Å². The molecular weight excluding hydrogens is 304 g/mol. The highest BCUT2D eigenvalue weighted by atomic mass is 16.4. The van der Waals surface area contributed by atoms with E-state index in [0.717, 1.165) is 13.1 Å². The molecule has 3 N–H and O–H groups in total. The zero-order valence-electron chi connectivity index (χ0n) is 14.1. The van der Waals surface area contributed by atoms with Crippen molar-refractivity contribution < 1.29 is 19.5 Å². The Bertz CT molecular complexity index is 701. The molecule has 0 fully saturated rings. The molecule has 0 bridgehead atoms. The number of nitrogens with zero attached hydrogens (tertiary/aromatic N) is 2. The zero-order chi connectivity index (χ0) is 17.4. The summed E-state index contributed by atoms with van der Waals surface area (Å²) in [6.07, 6.45) is 3.06. The number of rotatable bonds is 7. The van der Waals surface area contributed by atoms with E-state index >= 15 is 0 Å². The summed E-state index contributed by atoms with van der Waals surface area (Å²) in [6, 6.07) is 13.7. The number of aromatic nitrogens is 1. The second-order valence-corrected chi connectivity index (χ2v) is 5.82. The second-order valence-electron chi connectivity index (χ2n) is 5.82. The fourth-order valence-corrected chi connectivity index (χ4v) is 2.44. The lowest BCUT2D eigenvalue weighted by atomic mass is 10.2. The van der Waals surface area contributed by atoms with Crippen molar-refractivity contribution in [3.8, 4) is 0 Å². The number of nitrogens with one attached hydrogen (secondary N) is 2. The van der Waals surface area contributed by atoms with Crippen LogP contribution in [0.15, 0.2) is 53.8 Å². The zero-order valence-corrected chi connectivity index (χ0v) is 14.1. The number of carbonyl (C=O) groups excluding carboxylic acids is 1. The summed E-state index contributed by atoms with van der Waals surface area (Å²) >= 11 is 0. The third kappa shape index (κ3) is 5.17. The molecule has 2 aromatic rings. The molecule has 0 aliphatic rings. The highest BCUT2D eigenvalue weighted by molar-refractivity contribution is 5.95. The number of aryl methyl sites for hydroxylation is 1. The highest BCUT2D eigenvalue weighted by Gasteiger charge is 2.12. The number of pyridine rings is 1. The fourth-order valence-electron chi connectivity index (χ4n) is 2.44. The number of oxime groups is 1. The molecule has 0 aliphatic carbocycles. The van der Waals surface area contributed by atoms with Crippen LogP contribution < -0.4 is 14.8 Å². The van der Waals surface area contributed by atoms with E-state index in [-0.39, 0.29) is 5.91 Å². The molecule has 2 rings (SSSR count). The standard InChI is InChI=1S/C18H22N4O2/c1-21(14-15-6-4-3-5-7-15)11-9-19-18(23)16-8-10-22(2)17(12-16)13-20-24/h3-8,10,12-13H,9,11,14H2,1-2H3,(H,19,23)/p+2. The van der Waals surface area contributed by atoms with Crippen LogP contribution in [0.5, 0.6) is 0 Å². The molecule has 0 aliphatic heterocycles. The van der Waals surface area contributed by atoms with Gasteiger partial charge in [0.05, 0.1) is 25.7 Å². The topological polar surface area (TPSA) is 70.0 Å². The monoisotopic (exact) mass is 328 g/mol. The van der Waals surface area contributed by atoms with E-state index in [0.29, 0.717) is 17.8 Å². The van der Waals surface area contributed by atoms with Gasteiger partial charge >= 0.3 is 0 Å². The smallest absolute Gasteiger partial charge is 0.251 e. The van der Waals surface area contributed by atoms with Crippen LogP contribution in [0.4, 0.5) is 0 Å². The first-order valence-electron chi connectivity index (χ1n) is 7.90. The van der Waals surface area contributed by atoms with Gasteiger partial charge in [0.2, 0.25) is 5.69 Å². The van der Waals surface area contributed by atoms with Gasteiger partial charge in [-0.1, -0.05) is 35.5 Å². The van der Waals surface area contributed by atoms with Crippen molar-refractivity contribution in [3.63, 3.8) is 0 Å². The second kappa shape index (κ2) is 8.79. The summed E-state index contributed by atoms with van der Waals surface area (Å²) in [5.41, 5.74) is 2.48. The number of benzene rings is 1. The van der Waals surface area contributed by atoms with Crippen LogP contribution in [0.3, 0.4) is 0 Å². The number of carbonyl (C=O) groups is 1. The first-order valence-corrected chi connectivity index (χ1v) is 7.90. The highest BCUT2D eigenvalue weighted by Crippen LogP contribution is 1.98. The molecule has 1 atom stereocenters. The molecule has 1 heterocycles. The minimum Gasteiger partial charge on any atom is -0.411 e. The van der Waals surface area contributed by atoms with Crippen LogP contribution in [-0.4, -0.2) is 37.5 Å². The predicted octanol–water partition coefficient (Wildman–Crippen LogP) is -0.236. The SMILES string of the molecule is C[n+]1ccc(C(=O)NCC[NH+](C)Cc2ccccc2)cc1/C=N/O. The predicted molar refractivity (Wildman–Crippen MR) is 91.2 cm³/mol. The average Bonchev–Trinajstić information content (AvgIpc) is 2.58. The van der Waals surface area contributed by atoms with Crippen molar-refractivity contribution >= 4 is 12.1 Å². The number of likely N-dealkylation sites (N-methyl/N-ethyl adjacent to an activating group) is 1. The summed E-state index contributed by atoms with van der Waals surface area (Å²) in [4.78, 5) is 13.5. The molecule has 1 aromatic heterocycles. The van der Waals surface area contributed by atoms with E-state index in [4.69, 9.17) is 5.21 Å². The van der Waals surface area contributed by atoms with Gasteiger partial charge in [0.15, 0.2) is 6.20 Å². The maximum atomic E-state index is 12.2. The van der Waals surface area contributed by atoms with E-state index in [1.807, 2.05) is 25.2 Å². The molecule has 0 spiro atoms. The van der Waals surface area contributed by atoms with Gasteiger partial charge in [-0.25, -0.2) is 4.57 Å². The van der Waals surface area contributed by atoms with Crippen LogP contribution in [0.1, 0.15) is 21.6 Å². The quantitative estimate of drug-likeness (QED) is 0.284. The Morgan fingerprint density at radius 3 is 2.79 bits per heavy atom. The van der Waals surface area contributed by atoms with Gasteiger partial charge in [0.25, 0.3) is 5.91 Å². The Morgan fingerprint density at radius 2 is 2.08 bits per heavy atom. The molecule has 24 heavy (non-hydrogen) atoms. The van der Waals surface area contributed by atoms with Gasteiger partial charge in [-0.3, -0.25) is 4.79 Å². The minimum atomic E-state index is -0.129.